The van der Waals surface area contributed by atoms with Gasteiger partial charge in [-0.15, -0.1) is 0 Å². The van der Waals surface area contributed by atoms with Gasteiger partial charge in [0.1, 0.15) is 11.6 Å². The minimum absolute atomic E-state index is 0.0282. The van der Waals surface area contributed by atoms with Crippen LogP contribution in [0.4, 0.5) is 4.39 Å². The van der Waals surface area contributed by atoms with Gasteiger partial charge in [0.2, 0.25) is 0 Å². The van der Waals surface area contributed by atoms with Crippen molar-refractivity contribution < 1.29 is 18.4 Å². The second kappa shape index (κ2) is 7.63. The summed E-state index contributed by atoms with van der Waals surface area (Å²) in [5.41, 5.74) is 4.30. The van der Waals surface area contributed by atoms with Crippen LogP contribution in [0.25, 0.3) is 22.1 Å². The molecule has 0 unspecified atom stereocenters. The second-order valence-electron chi connectivity index (χ2n) is 6.37. The number of furan rings is 1. The van der Waals surface area contributed by atoms with Crippen molar-refractivity contribution >= 4 is 22.6 Å². The first-order valence-electron chi connectivity index (χ1n) is 8.87. The van der Waals surface area contributed by atoms with E-state index in [4.69, 9.17) is 4.42 Å². The van der Waals surface area contributed by atoms with E-state index < -0.39 is 17.6 Å². The second-order valence-corrected chi connectivity index (χ2v) is 6.37. The first kappa shape index (κ1) is 19.1. The largest absolute Gasteiger partial charge is 0.451 e. The van der Waals surface area contributed by atoms with E-state index in [9.17, 15) is 18.8 Å². The lowest BCUT2D eigenvalue weighted by Gasteiger charge is -2.09. The predicted molar refractivity (Wildman–Crippen MR) is 106 cm³/mol. The Labute approximate surface area is 168 Å². The van der Waals surface area contributed by atoms with Crippen LogP contribution < -0.4 is 16.4 Å². The molecule has 2 aromatic carbocycles. The molecular weight excluding hydrogens is 391 g/mol. The maximum atomic E-state index is 13.9. The molecule has 0 aliphatic rings. The minimum atomic E-state index is -0.736. The SMILES string of the molecule is Cn1nc(C(=O)NNC(=O)c2ccc(-c3ccccc3F)o2)c2ccccc2c1=O. The molecule has 0 aliphatic heterocycles. The van der Waals surface area contributed by atoms with E-state index in [1.807, 2.05) is 0 Å². The van der Waals surface area contributed by atoms with Crippen molar-refractivity contribution in [1.82, 2.24) is 20.6 Å². The number of aryl methyl sites for hydroxylation is 1. The lowest BCUT2D eigenvalue weighted by molar-refractivity contribution is 0.0829. The summed E-state index contributed by atoms with van der Waals surface area (Å²) in [6, 6.07) is 15.3. The Morgan fingerprint density at radius 3 is 2.37 bits per heavy atom. The number of rotatable bonds is 3. The Balaban J connectivity index is 1.52. The van der Waals surface area contributed by atoms with Crippen LogP contribution in [0.3, 0.4) is 0 Å². The van der Waals surface area contributed by atoms with Gasteiger partial charge >= 0.3 is 5.91 Å². The van der Waals surface area contributed by atoms with Crippen LogP contribution in [-0.2, 0) is 7.05 Å². The molecule has 2 heterocycles. The highest BCUT2D eigenvalue weighted by atomic mass is 19.1. The van der Waals surface area contributed by atoms with E-state index in [2.05, 4.69) is 16.0 Å². The highest BCUT2D eigenvalue weighted by Crippen LogP contribution is 2.24. The molecule has 0 saturated heterocycles. The molecule has 30 heavy (non-hydrogen) atoms. The van der Waals surface area contributed by atoms with E-state index in [-0.39, 0.29) is 28.3 Å². The van der Waals surface area contributed by atoms with Crippen LogP contribution in [0.15, 0.2) is 69.9 Å². The summed E-state index contributed by atoms with van der Waals surface area (Å²) in [7, 11) is 1.43. The van der Waals surface area contributed by atoms with E-state index in [0.29, 0.717) is 10.8 Å². The van der Waals surface area contributed by atoms with Crippen molar-refractivity contribution in [3.63, 3.8) is 0 Å². The van der Waals surface area contributed by atoms with Crippen molar-refractivity contribution in [2.24, 2.45) is 7.05 Å². The molecule has 9 heteroatoms. The minimum Gasteiger partial charge on any atom is -0.451 e. The normalized spacial score (nSPS) is 10.7. The zero-order valence-electron chi connectivity index (χ0n) is 15.7. The number of fused-ring (bicyclic) bond motifs is 1. The van der Waals surface area contributed by atoms with E-state index >= 15 is 0 Å². The number of nitrogens with one attached hydrogen (secondary N) is 2. The monoisotopic (exact) mass is 406 g/mol. The lowest BCUT2D eigenvalue weighted by Crippen LogP contribution is -2.42. The molecular formula is C21H15FN4O4. The fourth-order valence-corrected chi connectivity index (χ4v) is 2.97. The van der Waals surface area contributed by atoms with Crippen molar-refractivity contribution in [3.8, 4) is 11.3 Å². The van der Waals surface area contributed by atoms with Gasteiger partial charge in [-0.1, -0.05) is 30.3 Å². The Morgan fingerprint density at radius 1 is 0.933 bits per heavy atom. The van der Waals surface area contributed by atoms with Crippen LogP contribution >= 0.6 is 0 Å². The van der Waals surface area contributed by atoms with Crippen LogP contribution in [0, 0.1) is 5.82 Å². The zero-order chi connectivity index (χ0) is 21.3. The Bertz CT molecular complexity index is 1340. The van der Waals surface area contributed by atoms with Crippen molar-refractivity contribution in [1.29, 1.82) is 0 Å². The maximum absolute atomic E-state index is 13.9. The van der Waals surface area contributed by atoms with Crippen LogP contribution in [0.5, 0.6) is 0 Å². The third-order valence-electron chi connectivity index (χ3n) is 4.43. The van der Waals surface area contributed by atoms with E-state index in [0.717, 1.165) is 4.68 Å². The Kier molecular flexibility index (Phi) is 4.85. The summed E-state index contributed by atoms with van der Waals surface area (Å²) in [4.78, 5) is 37.0. The van der Waals surface area contributed by atoms with Gasteiger partial charge in [-0.2, -0.15) is 5.10 Å². The molecule has 0 aliphatic carbocycles. The van der Waals surface area contributed by atoms with Gasteiger partial charge in [0.25, 0.3) is 11.5 Å². The average Bonchev–Trinajstić information content (AvgIpc) is 3.25. The van der Waals surface area contributed by atoms with E-state index in [1.54, 1.807) is 36.4 Å². The molecule has 0 saturated carbocycles. The van der Waals surface area contributed by atoms with E-state index in [1.165, 1.54) is 31.3 Å². The smallest absolute Gasteiger partial charge is 0.305 e. The predicted octanol–water partition coefficient (Wildman–Crippen LogP) is 2.41. The summed E-state index contributed by atoms with van der Waals surface area (Å²) in [5.74, 6) is -1.88. The highest BCUT2D eigenvalue weighted by Gasteiger charge is 2.18. The Morgan fingerprint density at radius 2 is 1.60 bits per heavy atom. The van der Waals surface area contributed by atoms with Gasteiger partial charge in [0.15, 0.2) is 11.5 Å². The maximum Gasteiger partial charge on any atom is 0.305 e. The molecule has 8 nitrogen and oxygen atoms in total. The van der Waals surface area contributed by atoms with Gasteiger partial charge in [-0.3, -0.25) is 25.2 Å². The number of carbonyl (C=O) groups excluding carboxylic acids is 2. The molecule has 0 fully saturated rings. The number of amides is 2. The molecule has 4 rings (SSSR count). The molecule has 0 atom stereocenters. The number of hydrogen-bond acceptors (Lipinski definition) is 5. The molecule has 4 aromatic rings. The van der Waals surface area contributed by atoms with Crippen LogP contribution in [-0.4, -0.2) is 21.6 Å². The summed E-state index contributed by atoms with van der Waals surface area (Å²) < 4.78 is 20.3. The average molecular weight is 406 g/mol. The summed E-state index contributed by atoms with van der Waals surface area (Å²) in [6.07, 6.45) is 0. The third-order valence-corrected chi connectivity index (χ3v) is 4.43. The number of hydrogen-bond donors (Lipinski definition) is 2. The van der Waals surface area contributed by atoms with Crippen LogP contribution in [0.1, 0.15) is 21.0 Å². The first-order valence-corrected chi connectivity index (χ1v) is 8.87. The topological polar surface area (TPSA) is 106 Å². The molecule has 2 aromatic heterocycles. The summed E-state index contributed by atoms with van der Waals surface area (Å²) in [5, 5.41) is 4.66. The van der Waals surface area contributed by atoms with Gasteiger partial charge in [-0.05, 0) is 30.3 Å². The molecule has 0 radical (unpaired) electrons. The molecule has 2 amide bonds. The summed E-state index contributed by atoms with van der Waals surface area (Å²) >= 11 is 0. The number of aromatic nitrogens is 2. The standard InChI is InChI=1S/C21H15FN4O4/c1-26-21(29)13-7-3-2-6-12(13)18(25-26)20(28)24-23-19(27)17-11-10-16(30-17)14-8-4-5-9-15(14)22/h2-11H,1H3,(H,23,27)(H,24,28). The molecule has 150 valence electrons. The number of carbonyl (C=O) groups is 2. The van der Waals surface area contributed by atoms with Crippen LogP contribution in [0.2, 0.25) is 0 Å². The van der Waals surface area contributed by atoms with Crippen molar-refractivity contribution in [2.45, 2.75) is 0 Å². The fraction of sp³-hybridized carbons (Fsp3) is 0.0476. The van der Waals surface area contributed by atoms with Gasteiger partial charge in [0.05, 0.1) is 10.9 Å². The van der Waals surface area contributed by atoms with Gasteiger partial charge in [-0.25, -0.2) is 9.07 Å². The number of halogens is 1. The third kappa shape index (κ3) is 3.44. The number of hydrazine groups is 1. The first-order chi connectivity index (χ1) is 14.5. The molecule has 0 spiro atoms. The molecule has 0 bridgehead atoms. The van der Waals surface area contributed by atoms with Crippen molar-refractivity contribution in [2.75, 3.05) is 0 Å². The van der Waals surface area contributed by atoms with Gasteiger partial charge in [0, 0.05) is 12.4 Å². The summed E-state index contributed by atoms with van der Waals surface area (Å²) in [6.45, 7) is 0. The van der Waals surface area contributed by atoms with Crippen molar-refractivity contribution in [3.05, 3.63) is 88.3 Å². The quantitative estimate of drug-likeness (QED) is 0.508. The fourth-order valence-electron chi connectivity index (χ4n) is 2.97. The zero-order valence-corrected chi connectivity index (χ0v) is 15.7. The van der Waals surface area contributed by atoms with Gasteiger partial charge < -0.3 is 4.42 Å². The molecule has 2 N–H and O–H groups in total. The number of benzene rings is 2. The highest BCUT2D eigenvalue weighted by molar-refractivity contribution is 6.05. The Hall–Kier alpha value is -4.27. The lowest BCUT2D eigenvalue weighted by atomic mass is 10.1. The number of nitrogens with zero attached hydrogens (tertiary/aromatic N) is 2.